The van der Waals surface area contributed by atoms with Crippen LogP contribution >= 0.6 is 0 Å². The Morgan fingerprint density at radius 3 is 2.33 bits per heavy atom. The Labute approximate surface area is 175 Å². The highest BCUT2D eigenvalue weighted by Gasteiger charge is 2.35. The number of nitrogens with zero attached hydrogens (tertiary/aromatic N) is 1. The Bertz CT molecular complexity index is 993. The van der Waals surface area contributed by atoms with Gasteiger partial charge in [-0.05, 0) is 55.0 Å². The third-order valence-corrected chi connectivity index (χ3v) is 7.64. The first kappa shape index (κ1) is 21.0. The van der Waals surface area contributed by atoms with Crippen molar-refractivity contribution in [2.24, 2.45) is 11.8 Å². The minimum Gasteiger partial charge on any atom is -0.370 e. The fourth-order valence-corrected chi connectivity index (χ4v) is 5.78. The molecule has 4 nitrogen and oxygen atoms in total. The van der Waals surface area contributed by atoms with Gasteiger partial charge < -0.3 is 4.90 Å². The number of benzene rings is 2. The molecule has 0 aromatic heterocycles. The molecule has 2 aromatic carbocycles. The van der Waals surface area contributed by atoms with Gasteiger partial charge in [0.25, 0.3) is 10.0 Å². The Morgan fingerprint density at radius 2 is 1.63 bits per heavy atom. The Balaban J connectivity index is 1.68. The normalized spacial score (nSPS) is 22.4. The fraction of sp³-hybridized carbons (Fsp3) is 0.455. The van der Waals surface area contributed by atoms with Crippen LogP contribution in [0.5, 0.6) is 0 Å². The zero-order valence-electron chi connectivity index (χ0n) is 16.5. The summed E-state index contributed by atoms with van der Waals surface area (Å²) in [6.45, 7) is 1.46. The van der Waals surface area contributed by atoms with Crippen molar-refractivity contribution in [3.05, 3.63) is 54.1 Å². The molecule has 8 heteroatoms. The molecule has 0 radical (unpaired) electrons. The maximum atomic E-state index is 13.3. The Kier molecular flexibility index (Phi) is 5.70. The van der Waals surface area contributed by atoms with Crippen LogP contribution in [0.1, 0.15) is 37.7 Å². The van der Waals surface area contributed by atoms with Gasteiger partial charge in [0.05, 0.1) is 21.8 Å². The van der Waals surface area contributed by atoms with E-state index in [-0.39, 0.29) is 10.6 Å². The average Bonchev–Trinajstić information content (AvgIpc) is 2.73. The van der Waals surface area contributed by atoms with Crippen molar-refractivity contribution in [2.75, 3.05) is 22.7 Å². The largest absolute Gasteiger partial charge is 0.416 e. The number of sulfonamides is 1. The molecule has 162 valence electrons. The number of rotatable bonds is 4. The lowest BCUT2D eigenvalue weighted by Gasteiger charge is -2.42. The number of hydrogen-bond donors (Lipinski definition) is 1. The van der Waals surface area contributed by atoms with Gasteiger partial charge in [0, 0.05) is 13.1 Å². The van der Waals surface area contributed by atoms with Crippen molar-refractivity contribution in [3.8, 4) is 0 Å². The molecule has 2 atom stereocenters. The fourth-order valence-electron chi connectivity index (χ4n) is 4.69. The van der Waals surface area contributed by atoms with E-state index in [0.717, 1.165) is 31.5 Å². The molecule has 1 heterocycles. The van der Waals surface area contributed by atoms with Crippen molar-refractivity contribution < 1.29 is 21.6 Å². The third kappa shape index (κ3) is 4.43. The standard InChI is InChI=1S/C22H25F3N2O2S/c23-22(24,25)18-10-11-21(27-13-12-16-6-4-5-7-17(16)15-27)20(14-18)26-30(28,29)19-8-2-1-3-9-19/h1-3,8-11,14,16-17,26H,4-7,12-13,15H2/t16-,17-/m0/s1. The van der Waals surface area contributed by atoms with Gasteiger partial charge in [-0.15, -0.1) is 0 Å². The van der Waals surface area contributed by atoms with Gasteiger partial charge in [-0.2, -0.15) is 13.2 Å². The molecule has 2 aliphatic rings. The first-order valence-corrected chi connectivity index (χ1v) is 11.8. The molecule has 1 N–H and O–H groups in total. The van der Waals surface area contributed by atoms with E-state index in [0.29, 0.717) is 24.1 Å². The van der Waals surface area contributed by atoms with Crippen molar-refractivity contribution in [2.45, 2.75) is 43.2 Å². The predicted molar refractivity (Wildman–Crippen MR) is 111 cm³/mol. The zero-order chi connectivity index (χ0) is 21.4. The van der Waals surface area contributed by atoms with E-state index in [4.69, 9.17) is 0 Å². The van der Waals surface area contributed by atoms with Gasteiger partial charge in [-0.25, -0.2) is 8.42 Å². The molecule has 1 aliphatic carbocycles. The Hall–Kier alpha value is -2.22. The topological polar surface area (TPSA) is 49.4 Å². The van der Waals surface area contributed by atoms with Gasteiger partial charge in [0.2, 0.25) is 0 Å². The maximum absolute atomic E-state index is 13.3. The first-order chi connectivity index (χ1) is 14.2. The van der Waals surface area contributed by atoms with Crippen LogP contribution < -0.4 is 9.62 Å². The van der Waals surface area contributed by atoms with Crippen LogP contribution in [0.3, 0.4) is 0 Å². The maximum Gasteiger partial charge on any atom is 0.416 e. The molecular weight excluding hydrogens is 413 g/mol. The highest BCUT2D eigenvalue weighted by atomic mass is 32.2. The van der Waals surface area contributed by atoms with Crippen LogP contribution in [0.4, 0.5) is 24.5 Å². The number of piperidine rings is 1. The number of nitrogens with one attached hydrogen (secondary N) is 1. The van der Waals surface area contributed by atoms with E-state index in [1.165, 1.54) is 37.5 Å². The molecule has 30 heavy (non-hydrogen) atoms. The molecule has 0 amide bonds. The van der Waals surface area contributed by atoms with Crippen molar-refractivity contribution in [1.29, 1.82) is 0 Å². The van der Waals surface area contributed by atoms with Gasteiger partial charge >= 0.3 is 6.18 Å². The second-order valence-corrected chi connectivity index (χ2v) is 9.87. The number of anilines is 2. The van der Waals surface area contributed by atoms with E-state index in [1.807, 2.05) is 4.90 Å². The zero-order valence-corrected chi connectivity index (χ0v) is 17.3. The highest BCUT2D eigenvalue weighted by molar-refractivity contribution is 7.92. The summed E-state index contributed by atoms with van der Waals surface area (Å²) in [5, 5.41) is 0. The van der Waals surface area contributed by atoms with Gasteiger partial charge in [-0.1, -0.05) is 37.5 Å². The van der Waals surface area contributed by atoms with Gasteiger partial charge in [0.1, 0.15) is 0 Å². The predicted octanol–water partition coefficient (Wildman–Crippen LogP) is 5.52. The van der Waals surface area contributed by atoms with Crippen LogP contribution in [-0.4, -0.2) is 21.5 Å². The molecule has 2 aromatic rings. The van der Waals surface area contributed by atoms with Crippen molar-refractivity contribution in [3.63, 3.8) is 0 Å². The lowest BCUT2D eigenvalue weighted by atomic mass is 9.75. The molecule has 1 saturated heterocycles. The van der Waals surface area contributed by atoms with E-state index in [2.05, 4.69) is 4.72 Å². The molecule has 1 saturated carbocycles. The molecular formula is C22H25F3N2O2S. The quantitative estimate of drug-likeness (QED) is 0.684. The smallest absolute Gasteiger partial charge is 0.370 e. The average molecular weight is 439 g/mol. The second-order valence-electron chi connectivity index (χ2n) is 8.19. The van der Waals surface area contributed by atoms with Crippen LogP contribution in [0.2, 0.25) is 0 Å². The summed E-state index contributed by atoms with van der Waals surface area (Å²) in [5.41, 5.74) is -0.390. The number of hydrogen-bond acceptors (Lipinski definition) is 3. The van der Waals surface area contributed by atoms with Crippen molar-refractivity contribution >= 4 is 21.4 Å². The monoisotopic (exact) mass is 438 g/mol. The van der Waals surface area contributed by atoms with E-state index < -0.39 is 21.8 Å². The minimum atomic E-state index is -4.55. The molecule has 2 fully saturated rings. The molecule has 0 spiro atoms. The van der Waals surface area contributed by atoms with Crippen molar-refractivity contribution in [1.82, 2.24) is 0 Å². The molecule has 1 aliphatic heterocycles. The summed E-state index contributed by atoms with van der Waals surface area (Å²) < 4.78 is 68.0. The number of alkyl halides is 3. The van der Waals surface area contributed by atoms with Crippen LogP contribution in [0.25, 0.3) is 0 Å². The molecule has 4 rings (SSSR count). The lowest BCUT2D eigenvalue weighted by Crippen LogP contribution is -2.42. The number of fused-ring (bicyclic) bond motifs is 1. The van der Waals surface area contributed by atoms with E-state index in [9.17, 15) is 21.6 Å². The van der Waals surface area contributed by atoms with Gasteiger partial charge in [-0.3, -0.25) is 4.72 Å². The lowest BCUT2D eigenvalue weighted by molar-refractivity contribution is -0.137. The SMILES string of the molecule is O=S(=O)(Nc1cc(C(F)(F)F)ccc1N1CC[C@@H]2CCCC[C@H]2C1)c1ccccc1. The summed E-state index contributed by atoms with van der Waals surface area (Å²) in [7, 11) is -4.00. The summed E-state index contributed by atoms with van der Waals surface area (Å²) >= 11 is 0. The second kappa shape index (κ2) is 8.13. The van der Waals surface area contributed by atoms with Crippen LogP contribution in [-0.2, 0) is 16.2 Å². The summed E-state index contributed by atoms with van der Waals surface area (Å²) in [4.78, 5) is 2.05. The summed E-state index contributed by atoms with van der Waals surface area (Å²) in [6, 6.07) is 11.0. The third-order valence-electron chi connectivity index (χ3n) is 6.25. The Morgan fingerprint density at radius 1 is 0.933 bits per heavy atom. The van der Waals surface area contributed by atoms with Gasteiger partial charge in [0.15, 0.2) is 0 Å². The molecule has 0 unspecified atom stereocenters. The highest BCUT2D eigenvalue weighted by Crippen LogP contribution is 2.41. The van der Waals surface area contributed by atoms with Crippen LogP contribution in [0.15, 0.2) is 53.4 Å². The van der Waals surface area contributed by atoms with E-state index in [1.54, 1.807) is 18.2 Å². The minimum absolute atomic E-state index is 0.0133. The van der Waals surface area contributed by atoms with Crippen LogP contribution in [0, 0.1) is 11.8 Å². The summed E-state index contributed by atoms with van der Waals surface area (Å²) in [6.07, 6.45) is 1.17. The summed E-state index contributed by atoms with van der Waals surface area (Å²) in [5.74, 6) is 1.17. The van der Waals surface area contributed by atoms with E-state index >= 15 is 0 Å². The molecule has 0 bridgehead atoms. The number of halogens is 3. The first-order valence-electron chi connectivity index (χ1n) is 10.3.